The number of hydrogen-bond donors (Lipinski definition) is 3. The normalized spacial score (nSPS) is 16.7. The van der Waals surface area contributed by atoms with E-state index in [0.717, 1.165) is 58.0 Å². The van der Waals surface area contributed by atoms with Gasteiger partial charge in [0.2, 0.25) is 11.8 Å². The number of unbranched alkanes of at least 4 members (excludes halogenated alkanes) is 6. The van der Waals surface area contributed by atoms with Crippen LogP contribution >= 0.6 is 0 Å². The Morgan fingerprint density at radius 2 is 1.03 bits per heavy atom. The Labute approximate surface area is 354 Å². The summed E-state index contributed by atoms with van der Waals surface area (Å²) in [6, 6.07) is 20.9. The largest absolute Gasteiger partial charge is 0.379 e. The smallest absolute Gasteiger partial charge is 0.320 e. The number of urea groups is 1. The number of carbonyl (C=O) groups is 3. The summed E-state index contributed by atoms with van der Waals surface area (Å²) in [5, 5.41) is 14.8. The van der Waals surface area contributed by atoms with Gasteiger partial charge in [-0.2, -0.15) is 0 Å². The zero-order valence-corrected chi connectivity index (χ0v) is 36.1. The molecule has 13 nitrogen and oxygen atoms in total. The summed E-state index contributed by atoms with van der Waals surface area (Å²) in [4.78, 5) is 46.5. The molecular formula is C46H73N7O6. The van der Waals surface area contributed by atoms with Crippen LogP contribution < -0.4 is 10.6 Å². The minimum atomic E-state index is -0.147. The molecule has 0 aromatic heterocycles. The molecule has 0 aliphatic carbocycles. The van der Waals surface area contributed by atoms with Crippen LogP contribution in [0.1, 0.15) is 89.2 Å². The van der Waals surface area contributed by atoms with Crippen molar-refractivity contribution in [2.45, 2.75) is 103 Å². The lowest BCUT2D eigenvalue weighted by Crippen LogP contribution is -2.41. The average molecular weight is 820 g/mol. The number of rotatable bonds is 32. The van der Waals surface area contributed by atoms with Crippen LogP contribution in [-0.2, 0) is 36.6 Å². The van der Waals surface area contributed by atoms with Gasteiger partial charge in [0.05, 0.1) is 45.1 Å². The average Bonchev–Trinajstić information content (AvgIpc) is 3.68. The molecule has 4 amide bonds. The number of ether oxygens (including phenoxy) is 3. The van der Waals surface area contributed by atoms with E-state index in [9.17, 15) is 14.4 Å². The number of nitrogens with zero attached hydrogens (tertiary/aromatic N) is 4. The van der Waals surface area contributed by atoms with E-state index < -0.39 is 0 Å². The molecule has 0 saturated carbocycles. The predicted molar refractivity (Wildman–Crippen MR) is 234 cm³/mol. The third kappa shape index (κ3) is 17.9. The van der Waals surface area contributed by atoms with Gasteiger partial charge in [0.1, 0.15) is 6.54 Å². The van der Waals surface area contributed by atoms with Gasteiger partial charge in [-0.3, -0.25) is 15.0 Å². The molecule has 2 aromatic rings. The zero-order valence-electron chi connectivity index (χ0n) is 36.1. The fourth-order valence-electron chi connectivity index (χ4n) is 7.75. The minimum absolute atomic E-state index is 0.0420. The molecular weight excluding hydrogens is 747 g/mol. The van der Waals surface area contributed by atoms with Gasteiger partial charge in [-0.15, -0.1) is 0 Å². The van der Waals surface area contributed by atoms with Crippen LogP contribution in [-0.4, -0.2) is 147 Å². The highest BCUT2D eigenvalue weighted by Gasteiger charge is 2.38. The minimum Gasteiger partial charge on any atom is -0.379 e. The van der Waals surface area contributed by atoms with Gasteiger partial charge in [0.25, 0.3) is 0 Å². The maximum Gasteiger partial charge on any atom is 0.320 e. The molecule has 0 unspecified atom stereocenters. The van der Waals surface area contributed by atoms with Crippen LogP contribution in [0.15, 0.2) is 60.7 Å². The van der Waals surface area contributed by atoms with E-state index in [1.165, 1.54) is 30.4 Å². The van der Waals surface area contributed by atoms with Gasteiger partial charge in [-0.05, 0) is 49.7 Å². The van der Waals surface area contributed by atoms with Crippen molar-refractivity contribution in [1.29, 1.82) is 5.41 Å². The van der Waals surface area contributed by atoms with Crippen molar-refractivity contribution in [2.75, 3.05) is 92.0 Å². The van der Waals surface area contributed by atoms with Crippen molar-refractivity contribution < 1.29 is 28.6 Å². The quantitative estimate of drug-likeness (QED) is 0.0798. The van der Waals surface area contributed by atoms with Crippen LogP contribution in [0, 0.1) is 5.41 Å². The maximum absolute atomic E-state index is 13.3. The van der Waals surface area contributed by atoms with Crippen molar-refractivity contribution >= 4 is 23.8 Å². The van der Waals surface area contributed by atoms with Crippen molar-refractivity contribution in [2.24, 2.45) is 0 Å². The lowest BCUT2D eigenvalue weighted by molar-refractivity contribution is -0.122. The van der Waals surface area contributed by atoms with Crippen LogP contribution in [0.2, 0.25) is 0 Å². The third-order valence-corrected chi connectivity index (χ3v) is 11.0. The van der Waals surface area contributed by atoms with Crippen LogP contribution in [0.4, 0.5) is 4.79 Å². The number of hydrogen-bond acceptors (Lipinski definition) is 7. The number of amides is 4. The maximum atomic E-state index is 13.3. The fraction of sp³-hybridized carbons (Fsp3) is 0.652. The van der Waals surface area contributed by atoms with E-state index in [1.807, 2.05) is 34.1 Å². The van der Waals surface area contributed by atoms with Crippen molar-refractivity contribution in [3.05, 3.63) is 71.8 Å². The van der Waals surface area contributed by atoms with E-state index >= 15 is 0 Å². The Bertz CT molecular complexity index is 1380. The summed E-state index contributed by atoms with van der Waals surface area (Å²) in [6.07, 6.45) is 12.0. The Balaban J connectivity index is 0.973. The van der Waals surface area contributed by atoms with E-state index in [2.05, 4.69) is 65.8 Å². The summed E-state index contributed by atoms with van der Waals surface area (Å²) in [6.45, 7) is 11.3. The van der Waals surface area contributed by atoms with Crippen molar-refractivity contribution in [3.63, 3.8) is 0 Å². The molecule has 2 aromatic carbocycles. The summed E-state index contributed by atoms with van der Waals surface area (Å²) < 4.78 is 16.9. The molecule has 2 saturated heterocycles. The molecule has 2 fully saturated rings. The van der Waals surface area contributed by atoms with Gasteiger partial charge >= 0.3 is 6.03 Å². The predicted octanol–water partition coefficient (Wildman–Crippen LogP) is 5.72. The van der Waals surface area contributed by atoms with Gasteiger partial charge < -0.3 is 44.4 Å². The third-order valence-electron chi connectivity index (χ3n) is 11.0. The molecule has 0 spiro atoms. The first-order valence-electron chi connectivity index (χ1n) is 22.4. The van der Waals surface area contributed by atoms with Gasteiger partial charge in [-0.1, -0.05) is 113 Å². The molecule has 3 N–H and O–H groups in total. The van der Waals surface area contributed by atoms with Gasteiger partial charge in [0, 0.05) is 52.5 Å². The Hall–Kier alpha value is -4.20. The second-order valence-corrected chi connectivity index (χ2v) is 15.8. The molecule has 328 valence electrons. The van der Waals surface area contributed by atoms with Crippen LogP contribution in [0.3, 0.4) is 0 Å². The summed E-state index contributed by atoms with van der Waals surface area (Å²) in [5.41, 5.74) is 2.46. The van der Waals surface area contributed by atoms with Gasteiger partial charge in [-0.25, -0.2) is 4.79 Å². The number of carbonyl (C=O) groups excluding carboxylic acids is 3. The van der Waals surface area contributed by atoms with E-state index in [1.54, 1.807) is 4.90 Å². The van der Waals surface area contributed by atoms with Crippen LogP contribution in [0.5, 0.6) is 0 Å². The molecule has 13 heteroatoms. The molecule has 0 bridgehead atoms. The van der Waals surface area contributed by atoms with Crippen molar-refractivity contribution in [3.8, 4) is 0 Å². The highest BCUT2D eigenvalue weighted by molar-refractivity contribution is 5.87. The topological polar surface area (TPSA) is 140 Å². The van der Waals surface area contributed by atoms with Crippen LogP contribution in [0.25, 0.3) is 0 Å². The first kappa shape index (κ1) is 47.5. The highest BCUT2D eigenvalue weighted by Crippen LogP contribution is 2.22. The molecule has 2 aliphatic heterocycles. The zero-order chi connectivity index (χ0) is 41.9. The number of guanidine groups is 1. The molecule has 2 atom stereocenters. The molecule has 0 radical (unpaired) electrons. The standard InChI is InChI=1S/C46H73N7O6/c1-3-5-7-15-25-52-41(33-39-19-11-9-12-20-39)35-50(45(52)47)37-43(54)48-23-17-27-57-29-31-59-32-30-58-28-18-24-49-44(55)38-51-36-42(34-40-21-13-10-14-22-40)53(46(51)56)26-16-8-6-4-2/h9-14,19-22,41-42,47H,3-8,15-18,23-38H2,1-2H3,(H,48,54)(H,49,55)/t41-,42-/m0/s1. The molecule has 2 heterocycles. The number of benzene rings is 2. The lowest BCUT2D eigenvalue weighted by Gasteiger charge is -2.25. The van der Waals surface area contributed by atoms with E-state index in [-0.39, 0.29) is 43.0 Å². The van der Waals surface area contributed by atoms with E-state index in [4.69, 9.17) is 19.6 Å². The lowest BCUT2D eigenvalue weighted by atomic mass is 10.1. The molecule has 59 heavy (non-hydrogen) atoms. The second kappa shape index (κ2) is 28.3. The summed E-state index contributed by atoms with van der Waals surface area (Å²) >= 11 is 0. The number of nitrogens with one attached hydrogen (secondary N) is 3. The summed E-state index contributed by atoms with van der Waals surface area (Å²) in [5.74, 6) is 0.237. The Kier molecular flexibility index (Phi) is 22.8. The van der Waals surface area contributed by atoms with Crippen molar-refractivity contribution in [1.82, 2.24) is 30.2 Å². The SMILES string of the molecule is CCCCCCN1C(=N)N(CC(=O)NCCCOCCOCCOCCCNC(=O)CN2C[C@H](Cc3ccccc3)N(CCCCCC)C2=O)C[C@@H]1Cc1ccccc1. The Morgan fingerprint density at radius 1 is 0.593 bits per heavy atom. The highest BCUT2D eigenvalue weighted by atomic mass is 16.5. The summed E-state index contributed by atoms with van der Waals surface area (Å²) in [7, 11) is 0. The molecule has 4 rings (SSSR count). The fourth-order valence-corrected chi connectivity index (χ4v) is 7.75. The first-order chi connectivity index (χ1) is 28.9. The monoisotopic (exact) mass is 820 g/mol. The first-order valence-corrected chi connectivity index (χ1v) is 22.4. The molecule has 2 aliphatic rings. The van der Waals surface area contributed by atoms with E-state index in [0.29, 0.717) is 84.6 Å². The second-order valence-electron chi connectivity index (χ2n) is 15.8. The Morgan fingerprint density at radius 3 is 1.54 bits per heavy atom. The van der Waals surface area contributed by atoms with Gasteiger partial charge in [0.15, 0.2) is 5.96 Å².